The molecule has 2 aromatic rings. The molecule has 0 radical (unpaired) electrons. The zero-order valence-corrected chi connectivity index (χ0v) is 11.3. The summed E-state index contributed by atoms with van der Waals surface area (Å²) in [6.45, 7) is 0. The van der Waals surface area contributed by atoms with E-state index >= 15 is 0 Å². The lowest BCUT2D eigenvalue weighted by Crippen LogP contribution is -1.96. The van der Waals surface area contributed by atoms with Gasteiger partial charge in [0.05, 0.1) is 18.1 Å². The summed E-state index contributed by atoms with van der Waals surface area (Å²) < 4.78 is 10.4. The van der Waals surface area contributed by atoms with Crippen molar-refractivity contribution in [1.82, 2.24) is 4.98 Å². The smallest absolute Gasteiger partial charge is 0.315 e. The fraction of sp³-hybridized carbons (Fsp3) is 0.154. The average molecular weight is 295 g/mol. The molecule has 0 unspecified atom stereocenters. The van der Waals surface area contributed by atoms with E-state index in [1.54, 1.807) is 24.4 Å². The lowest BCUT2D eigenvalue weighted by atomic mass is 10.3. The van der Waals surface area contributed by atoms with Gasteiger partial charge in [-0.25, -0.2) is 4.98 Å². The minimum absolute atomic E-state index is 0.0990. The molecular formula is C13H11ClN2O4. The maximum Gasteiger partial charge on any atom is 0.315 e. The molecule has 0 bridgehead atoms. The van der Waals surface area contributed by atoms with Crippen LogP contribution in [0.1, 0.15) is 5.56 Å². The topological polar surface area (TPSA) is 74.5 Å². The van der Waals surface area contributed by atoms with Crippen LogP contribution in [0.3, 0.4) is 0 Å². The van der Waals surface area contributed by atoms with Gasteiger partial charge in [-0.15, -0.1) is 11.6 Å². The van der Waals surface area contributed by atoms with Crippen molar-refractivity contribution in [2.45, 2.75) is 5.88 Å². The normalized spacial score (nSPS) is 10.1. The first-order chi connectivity index (χ1) is 9.63. The molecule has 1 aromatic carbocycles. The van der Waals surface area contributed by atoms with E-state index in [4.69, 9.17) is 21.1 Å². The summed E-state index contributed by atoms with van der Waals surface area (Å²) in [6.07, 6.45) is 1.55. The third-order valence-corrected chi connectivity index (χ3v) is 2.84. The van der Waals surface area contributed by atoms with Gasteiger partial charge < -0.3 is 9.47 Å². The standard InChI is InChI=1S/C13H11ClN2O4/c1-19-10-3-4-12(11(6-10)16(17)18)20-13-5-2-9(7-14)8-15-13/h2-6,8H,7H2,1H3. The lowest BCUT2D eigenvalue weighted by molar-refractivity contribution is -0.385. The van der Waals surface area contributed by atoms with Crippen molar-refractivity contribution in [1.29, 1.82) is 0 Å². The van der Waals surface area contributed by atoms with Crippen LogP contribution >= 0.6 is 11.6 Å². The van der Waals surface area contributed by atoms with Crippen LogP contribution in [-0.4, -0.2) is 17.0 Å². The highest BCUT2D eigenvalue weighted by Crippen LogP contribution is 2.33. The third-order valence-electron chi connectivity index (χ3n) is 2.53. The van der Waals surface area contributed by atoms with Gasteiger partial charge >= 0.3 is 5.69 Å². The first-order valence-electron chi connectivity index (χ1n) is 5.65. The van der Waals surface area contributed by atoms with Gasteiger partial charge in [-0.2, -0.15) is 0 Å². The highest BCUT2D eigenvalue weighted by atomic mass is 35.5. The molecule has 0 aliphatic carbocycles. The molecule has 1 aromatic heterocycles. The minimum atomic E-state index is -0.537. The summed E-state index contributed by atoms with van der Waals surface area (Å²) in [7, 11) is 1.44. The number of ether oxygens (including phenoxy) is 2. The minimum Gasteiger partial charge on any atom is -0.496 e. The first kappa shape index (κ1) is 14.1. The second-order valence-electron chi connectivity index (χ2n) is 3.83. The summed E-state index contributed by atoms with van der Waals surface area (Å²) in [4.78, 5) is 14.5. The largest absolute Gasteiger partial charge is 0.496 e. The molecule has 0 N–H and O–H groups in total. The molecule has 0 amide bonds. The number of halogens is 1. The summed E-state index contributed by atoms with van der Waals surface area (Å²) in [5, 5.41) is 11.0. The van der Waals surface area contributed by atoms with Crippen LogP contribution in [0, 0.1) is 10.1 Å². The Hall–Kier alpha value is -2.34. The maximum atomic E-state index is 11.0. The van der Waals surface area contributed by atoms with E-state index in [1.807, 2.05) is 0 Å². The number of aromatic nitrogens is 1. The molecule has 0 fully saturated rings. The zero-order valence-electron chi connectivity index (χ0n) is 10.6. The molecule has 0 saturated heterocycles. The highest BCUT2D eigenvalue weighted by Gasteiger charge is 2.17. The van der Waals surface area contributed by atoms with Crippen LogP contribution < -0.4 is 9.47 Å². The number of hydrogen-bond acceptors (Lipinski definition) is 5. The van der Waals surface area contributed by atoms with E-state index in [9.17, 15) is 10.1 Å². The summed E-state index contributed by atoms with van der Waals surface area (Å²) in [5.41, 5.74) is 0.649. The van der Waals surface area contributed by atoms with Crippen molar-refractivity contribution in [2.75, 3.05) is 7.11 Å². The van der Waals surface area contributed by atoms with Gasteiger partial charge in [0, 0.05) is 18.1 Å². The Bertz CT molecular complexity index is 616. The molecule has 20 heavy (non-hydrogen) atoms. The number of pyridine rings is 1. The second-order valence-corrected chi connectivity index (χ2v) is 4.10. The van der Waals surface area contributed by atoms with Crippen molar-refractivity contribution in [3.8, 4) is 17.4 Å². The molecule has 0 saturated carbocycles. The summed E-state index contributed by atoms with van der Waals surface area (Å²) in [5.74, 6) is 1.08. The second kappa shape index (κ2) is 6.21. The van der Waals surface area contributed by atoms with Crippen molar-refractivity contribution >= 4 is 17.3 Å². The quantitative estimate of drug-likeness (QED) is 0.479. The van der Waals surface area contributed by atoms with Gasteiger partial charge in [-0.3, -0.25) is 10.1 Å². The third kappa shape index (κ3) is 3.16. The average Bonchev–Trinajstić information content (AvgIpc) is 2.48. The Kier molecular flexibility index (Phi) is 4.37. The van der Waals surface area contributed by atoms with E-state index in [2.05, 4.69) is 4.98 Å². The molecular weight excluding hydrogens is 284 g/mol. The Labute approximate surface area is 120 Å². The fourth-order valence-electron chi connectivity index (χ4n) is 1.52. The van der Waals surface area contributed by atoms with E-state index in [1.165, 1.54) is 19.2 Å². The van der Waals surface area contributed by atoms with Crippen LogP contribution in [0.15, 0.2) is 36.5 Å². The number of nitro benzene ring substituents is 1. The number of methoxy groups -OCH3 is 1. The molecule has 2 rings (SSSR count). The molecule has 0 spiro atoms. The molecule has 6 nitrogen and oxygen atoms in total. The maximum absolute atomic E-state index is 11.0. The van der Waals surface area contributed by atoms with E-state index in [0.29, 0.717) is 11.6 Å². The highest BCUT2D eigenvalue weighted by molar-refractivity contribution is 6.17. The van der Waals surface area contributed by atoms with Crippen LogP contribution in [0.4, 0.5) is 5.69 Å². The van der Waals surface area contributed by atoms with Crippen molar-refractivity contribution in [3.05, 3.63) is 52.2 Å². The van der Waals surface area contributed by atoms with Gasteiger partial charge in [0.2, 0.25) is 11.6 Å². The molecule has 7 heteroatoms. The van der Waals surface area contributed by atoms with Crippen LogP contribution in [0.5, 0.6) is 17.4 Å². The fourth-order valence-corrected chi connectivity index (χ4v) is 1.67. The van der Waals surface area contributed by atoms with Gasteiger partial charge in [-0.05, 0) is 17.7 Å². The Morgan fingerprint density at radius 1 is 1.35 bits per heavy atom. The van der Waals surface area contributed by atoms with Crippen LogP contribution in [0.2, 0.25) is 0 Å². The predicted octanol–water partition coefficient (Wildman–Crippen LogP) is 3.53. The van der Waals surface area contributed by atoms with Crippen molar-refractivity contribution in [2.24, 2.45) is 0 Å². The number of nitro groups is 1. The number of hydrogen-bond donors (Lipinski definition) is 0. The van der Waals surface area contributed by atoms with Gasteiger partial charge in [0.15, 0.2) is 0 Å². The van der Waals surface area contributed by atoms with Crippen LogP contribution in [-0.2, 0) is 5.88 Å². The number of alkyl halides is 1. The van der Waals surface area contributed by atoms with Crippen molar-refractivity contribution in [3.63, 3.8) is 0 Å². The molecule has 104 valence electrons. The van der Waals surface area contributed by atoms with E-state index in [0.717, 1.165) is 5.56 Å². The lowest BCUT2D eigenvalue weighted by Gasteiger charge is -2.07. The van der Waals surface area contributed by atoms with Gasteiger partial charge in [-0.1, -0.05) is 6.07 Å². The van der Waals surface area contributed by atoms with Crippen LogP contribution in [0.25, 0.3) is 0 Å². The van der Waals surface area contributed by atoms with E-state index < -0.39 is 4.92 Å². The molecule has 0 aliphatic rings. The summed E-state index contributed by atoms with van der Waals surface area (Å²) >= 11 is 5.66. The zero-order chi connectivity index (χ0) is 14.5. The predicted molar refractivity (Wildman–Crippen MR) is 73.5 cm³/mol. The molecule has 1 heterocycles. The van der Waals surface area contributed by atoms with Crippen molar-refractivity contribution < 1.29 is 14.4 Å². The summed E-state index contributed by atoms with van der Waals surface area (Å²) in [6, 6.07) is 7.68. The Morgan fingerprint density at radius 2 is 2.15 bits per heavy atom. The SMILES string of the molecule is COc1ccc(Oc2ccc(CCl)cn2)c([N+](=O)[O-])c1. The molecule has 0 atom stereocenters. The molecule has 0 aliphatic heterocycles. The first-order valence-corrected chi connectivity index (χ1v) is 6.18. The Morgan fingerprint density at radius 3 is 2.70 bits per heavy atom. The number of rotatable bonds is 5. The monoisotopic (exact) mass is 294 g/mol. The van der Waals surface area contributed by atoms with Gasteiger partial charge in [0.1, 0.15) is 5.75 Å². The Balaban J connectivity index is 2.29. The van der Waals surface area contributed by atoms with E-state index in [-0.39, 0.29) is 17.3 Å². The number of benzene rings is 1. The van der Waals surface area contributed by atoms with Gasteiger partial charge in [0.25, 0.3) is 0 Å². The number of nitrogens with zero attached hydrogens (tertiary/aromatic N) is 2.